The molecule has 214 valence electrons. The quantitative estimate of drug-likeness (QED) is 0.160. The third kappa shape index (κ3) is 6.64. The largest absolute Gasteiger partial charge is 0.493 e. The highest BCUT2D eigenvalue weighted by molar-refractivity contribution is 7.80. The molecule has 0 atom stereocenters. The van der Waals surface area contributed by atoms with Crippen molar-refractivity contribution in [3.05, 3.63) is 91.4 Å². The Morgan fingerprint density at radius 1 is 1.02 bits per heavy atom. The van der Waals surface area contributed by atoms with Crippen LogP contribution in [0.4, 0.5) is 10.1 Å². The monoisotopic (exact) mass is 585 g/mol. The second-order valence-electron chi connectivity index (χ2n) is 9.32. The molecule has 11 heteroatoms. The fourth-order valence-electron chi connectivity index (χ4n) is 4.31. The molecule has 2 aromatic heterocycles. The number of hydrogen-bond acceptors (Lipinski definition) is 7. The molecule has 6 rings (SSSR count). The van der Waals surface area contributed by atoms with Crippen molar-refractivity contribution in [2.75, 3.05) is 18.6 Å². The Morgan fingerprint density at radius 3 is 2.43 bits per heavy atom. The van der Waals surface area contributed by atoms with Gasteiger partial charge in [-0.3, -0.25) is 14.7 Å². The first-order valence-electron chi connectivity index (χ1n) is 13.1. The van der Waals surface area contributed by atoms with Gasteiger partial charge in [-0.05, 0) is 60.1 Å². The first kappa shape index (κ1) is 28.5. The summed E-state index contributed by atoms with van der Waals surface area (Å²) in [4.78, 5) is 21.3. The lowest BCUT2D eigenvalue weighted by Gasteiger charge is -2.19. The molecule has 0 saturated heterocycles. The van der Waals surface area contributed by atoms with E-state index < -0.39 is 11.7 Å². The number of thiocarbonyl (C=S) groups is 1. The van der Waals surface area contributed by atoms with Crippen LogP contribution in [0.1, 0.15) is 13.3 Å². The number of nitrogens with zero attached hydrogens (tertiary/aromatic N) is 4. The molecule has 0 saturated carbocycles. The number of anilines is 1. The average molecular weight is 586 g/mol. The van der Waals surface area contributed by atoms with E-state index in [2.05, 4.69) is 34.2 Å². The Hall–Kier alpha value is -5.03. The third-order valence-electron chi connectivity index (χ3n) is 6.41. The Labute approximate surface area is 247 Å². The van der Waals surface area contributed by atoms with Gasteiger partial charge in [0.2, 0.25) is 5.91 Å². The molecular weight excluding hydrogens is 557 g/mol. The van der Waals surface area contributed by atoms with Gasteiger partial charge in [-0.1, -0.05) is 18.2 Å². The smallest absolute Gasteiger partial charge is 0.230 e. The van der Waals surface area contributed by atoms with Gasteiger partial charge in [0.05, 0.1) is 31.2 Å². The van der Waals surface area contributed by atoms with Crippen LogP contribution in [0.2, 0.25) is 0 Å². The van der Waals surface area contributed by atoms with Crippen LogP contribution in [0, 0.1) is 5.82 Å². The average Bonchev–Trinajstić information content (AvgIpc) is 3.31. The predicted molar refractivity (Wildman–Crippen MR) is 162 cm³/mol. The van der Waals surface area contributed by atoms with Gasteiger partial charge in [-0.15, -0.1) is 0 Å². The summed E-state index contributed by atoms with van der Waals surface area (Å²) in [5.41, 5.74) is 9.24. The van der Waals surface area contributed by atoms with Gasteiger partial charge in [-0.2, -0.15) is 0 Å². The van der Waals surface area contributed by atoms with E-state index in [1.165, 1.54) is 37.3 Å². The minimum Gasteiger partial charge on any atom is -0.493 e. The molecule has 0 unspecified atom stereocenters. The summed E-state index contributed by atoms with van der Waals surface area (Å²) < 4.78 is 34.2. The molecule has 0 fully saturated rings. The fraction of sp³-hybridized carbons (Fsp3) is 0.161. The van der Waals surface area contributed by atoms with Crippen LogP contribution in [0.5, 0.6) is 23.0 Å². The number of carbonyl (C=O) groups is 1. The Bertz CT molecular complexity index is 1710. The van der Waals surface area contributed by atoms with E-state index in [9.17, 15) is 9.18 Å². The zero-order valence-corrected chi connectivity index (χ0v) is 23.8. The first-order chi connectivity index (χ1) is 20.3. The number of pyridine rings is 1. The molecule has 2 heterocycles. The summed E-state index contributed by atoms with van der Waals surface area (Å²) in [5, 5.41) is 0.430. The highest BCUT2D eigenvalue weighted by atomic mass is 32.1. The predicted octanol–water partition coefficient (Wildman–Crippen LogP) is 6.10. The zero-order valence-electron chi connectivity index (χ0n) is 23.0. The number of ether oxygens (including phenoxy) is 3. The lowest BCUT2D eigenvalue weighted by atomic mass is 10.1. The second-order valence-corrected chi connectivity index (χ2v) is 9.74. The maximum Gasteiger partial charge on any atom is 0.230 e. The number of imidazole rings is 1. The van der Waals surface area contributed by atoms with Crippen LogP contribution in [0.25, 0.3) is 22.0 Å². The molecule has 9 nitrogen and oxygen atoms in total. The maximum atomic E-state index is 14.9. The third-order valence-corrected chi connectivity index (χ3v) is 6.59. The summed E-state index contributed by atoms with van der Waals surface area (Å²) in [7, 11) is 1.54. The summed E-state index contributed by atoms with van der Waals surface area (Å²) in [6, 6.07) is 17.6. The molecule has 0 bridgehead atoms. The van der Waals surface area contributed by atoms with Crippen LogP contribution in [-0.2, 0) is 11.3 Å². The Morgan fingerprint density at radius 2 is 1.83 bits per heavy atom. The summed E-state index contributed by atoms with van der Waals surface area (Å²) in [6.45, 7) is 2.53. The lowest BCUT2D eigenvalue weighted by Crippen LogP contribution is -2.39. The van der Waals surface area contributed by atoms with Crippen LogP contribution in [0.15, 0.2) is 85.6 Å². The van der Waals surface area contributed by atoms with E-state index in [0.717, 1.165) is 23.9 Å². The molecule has 0 radical (unpaired) electrons. The fourth-order valence-corrected chi connectivity index (χ4v) is 4.54. The van der Waals surface area contributed by atoms with E-state index >= 15 is 0 Å². The molecule has 2 aliphatic carbocycles. The number of carbonyl (C=O) groups excluding carboxylic acids is 1. The highest BCUT2D eigenvalue weighted by Crippen LogP contribution is 2.38. The zero-order chi connectivity index (χ0) is 29.6. The molecule has 0 spiro atoms. The number of methoxy groups -OCH3 is 1. The number of aromatic nitrogens is 3. The topological polar surface area (TPSA) is 105 Å². The molecule has 42 heavy (non-hydrogen) atoms. The van der Waals surface area contributed by atoms with Crippen molar-refractivity contribution in [1.29, 1.82) is 0 Å². The van der Waals surface area contributed by atoms with Gasteiger partial charge in [-0.25, -0.2) is 9.37 Å². The van der Waals surface area contributed by atoms with E-state index in [1.807, 2.05) is 10.8 Å². The van der Waals surface area contributed by atoms with Crippen molar-refractivity contribution in [1.82, 2.24) is 14.5 Å². The lowest BCUT2D eigenvalue weighted by molar-refractivity contribution is -0.115. The number of amides is 1. The Balaban J connectivity index is 0.000000513. The number of hydrogen-bond donors (Lipinski definition) is 1. The highest BCUT2D eigenvalue weighted by Gasteiger charge is 2.18. The number of fused-ring (bicyclic) bond motifs is 2. The van der Waals surface area contributed by atoms with E-state index in [4.69, 9.17) is 32.2 Å². The minimum atomic E-state index is -0.690. The van der Waals surface area contributed by atoms with Crippen molar-refractivity contribution < 1.29 is 23.4 Å². The second kappa shape index (κ2) is 12.6. The molecule has 2 N–H and O–H groups in total. The van der Waals surface area contributed by atoms with Gasteiger partial charge >= 0.3 is 0 Å². The minimum absolute atomic E-state index is 0.0449. The number of halogens is 1. The number of aryl methyl sites for hydroxylation is 1. The van der Waals surface area contributed by atoms with Crippen molar-refractivity contribution in [2.45, 2.75) is 19.9 Å². The number of benzene rings is 3. The molecule has 1 amide bonds. The summed E-state index contributed by atoms with van der Waals surface area (Å²) >= 11 is 4.89. The van der Waals surface area contributed by atoms with Crippen LogP contribution < -0.4 is 24.8 Å². The molecule has 0 aliphatic heterocycles. The van der Waals surface area contributed by atoms with Gasteiger partial charge in [0.15, 0.2) is 28.2 Å². The normalized spacial score (nSPS) is 10.8. The first-order valence-corrected chi connectivity index (χ1v) is 13.5. The van der Waals surface area contributed by atoms with E-state index in [1.54, 1.807) is 36.9 Å². The van der Waals surface area contributed by atoms with Gasteiger partial charge in [0, 0.05) is 49.6 Å². The van der Waals surface area contributed by atoms with E-state index in [-0.39, 0.29) is 16.5 Å². The van der Waals surface area contributed by atoms with Gasteiger partial charge < -0.3 is 24.5 Å². The number of rotatable bonds is 9. The van der Waals surface area contributed by atoms with Crippen LogP contribution in [-0.4, -0.2) is 39.3 Å². The molecule has 4 aromatic rings. The van der Waals surface area contributed by atoms with E-state index in [0.29, 0.717) is 34.8 Å². The maximum absolute atomic E-state index is 14.9. The summed E-state index contributed by atoms with van der Waals surface area (Å²) in [6.07, 6.45) is 7.72. The van der Waals surface area contributed by atoms with Gasteiger partial charge in [0.1, 0.15) is 5.75 Å². The van der Waals surface area contributed by atoms with Crippen molar-refractivity contribution in [3.63, 3.8) is 0 Å². The van der Waals surface area contributed by atoms with Crippen molar-refractivity contribution in [2.24, 2.45) is 5.73 Å². The number of nitrogens with two attached hydrogens (primary N) is 1. The molecule has 2 aliphatic rings. The van der Waals surface area contributed by atoms with Gasteiger partial charge in [0.25, 0.3) is 0 Å². The summed E-state index contributed by atoms with van der Waals surface area (Å²) in [5.74, 6) is 0.239. The van der Waals surface area contributed by atoms with Crippen LogP contribution in [0.3, 0.4) is 0 Å². The Kier molecular flexibility index (Phi) is 8.58. The van der Waals surface area contributed by atoms with Crippen LogP contribution >= 0.6 is 12.2 Å². The van der Waals surface area contributed by atoms with Crippen molar-refractivity contribution >= 4 is 39.8 Å². The molecule has 2 aromatic carbocycles. The van der Waals surface area contributed by atoms with Crippen molar-refractivity contribution in [3.8, 4) is 34.1 Å². The standard InChI is InChI=1S/C25H24FN5O4S.C6H4/c1-16(32)31(25(27)36)17-4-5-22(19(26)12-17)35-21-6-7-29-20-14-24(23(33-2)13-18(20)21)34-11-3-9-30-10-8-28-15-30;1-2-5-4-6(5)3-1/h4-8,10,12-15H,3,9,11H2,1-2H3,(H2,27,36);1-4H. The molecular formula is C31H28FN5O4S. The SMILES string of the molecule is COc1cc2c(Oc3ccc(N(C(C)=O)C(N)=S)cc3F)ccnc2cc1OCCCn1ccnc1.c1cc2cc-2c1.